The number of hydrogen-bond donors (Lipinski definition) is 1. The third-order valence-electron chi connectivity index (χ3n) is 3.93. The van der Waals surface area contributed by atoms with Gasteiger partial charge in [-0.3, -0.25) is 18.9 Å². The summed E-state index contributed by atoms with van der Waals surface area (Å²) in [5, 5.41) is 4.69. The summed E-state index contributed by atoms with van der Waals surface area (Å²) in [6, 6.07) is 8.69. The van der Waals surface area contributed by atoms with Crippen LogP contribution in [0, 0.1) is 0 Å². The fourth-order valence-corrected chi connectivity index (χ4v) is 3.29. The number of thiazole rings is 1. The Morgan fingerprint density at radius 2 is 2.12 bits per heavy atom. The third-order valence-corrected chi connectivity index (χ3v) is 4.69. The minimum atomic E-state index is -0.119. The van der Waals surface area contributed by atoms with Crippen molar-refractivity contribution >= 4 is 27.9 Å². The van der Waals surface area contributed by atoms with Crippen LogP contribution in [0.5, 0.6) is 5.75 Å². The number of nitrogens with zero attached hydrogens (tertiary/aromatic N) is 3. The molecule has 0 fully saturated rings. The van der Waals surface area contributed by atoms with Crippen molar-refractivity contribution in [2.45, 2.75) is 13.5 Å². The Kier molecular flexibility index (Phi) is 5.65. The summed E-state index contributed by atoms with van der Waals surface area (Å²) >= 11 is 1.41. The first-order valence-corrected chi connectivity index (χ1v) is 9.09. The van der Waals surface area contributed by atoms with Crippen molar-refractivity contribution in [1.82, 2.24) is 14.3 Å². The SMILES string of the molecule is CCN(CC(=O)Nc1ccc(OC)cc1)Cc1cc(=O)n2ccsc2n1. The van der Waals surface area contributed by atoms with E-state index < -0.39 is 0 Å². The minimum Gasteiger partial charge on any atom is -0.497 e. The quantitative estimate of drug-likeness (QED) is 0.688. The molecular weight excluding hydrogens is 352 g/mol. The molecule has 0 spiro atoms. The molecule has 1 aromatic carbocycles. The highest BCUT2D eigenvalue weighted by Gasteiger charge is 2.12. The van der Waals surface area contributed by atoms with Crippen LogP contribution >= 0.6 is 11.3 Å². The minimum absolute atomic E-state index is 0.106. The number of aromatic nitrogens is 2. The van der Waals surface area contributed by atoms with E-state index in [2.05, 4.69) is 10.3 Å². The first-order chi connectivity index (χ1) is 12.6. The van der Waals surface area contributed by atoms with Gasteiger partial charge in [0.15, 0.2) is 4.96 Å². The predicted octanol–water partition coefficient (Wildman–Crippen LogP) is 2.23. The molecule has 0 atom stereocenters. The van der Waals surface area contributed by atoms with E-state index in [-0.39, 0.29) is 18.0 Å². The molecular formula is C18H20N4O3S. The number of anilines is 1. The van der Waals surface area contributed by atoms with Gasteiger partial charge in [-0.1, -0.05) is 6.92 Å². The highest BCUT2D eigenvalue weighted by Crippen LogP contribution is 2.15. The van der Waals surface area contributed by atoms with Crippen molar-refractivity contribution in [1.29, 1.82) is 0 Å². The van der Waals surface area contributed by atoms with Gasteiger partial charge in [-0.2, -0.15) is 0 Å². The van der Waals surface area contributed by atoms with Gasteiger partial charge in [-0.05, 0) is 30.8 Å². The Bertz CT molecular complexity index is 949. The lowest BCUT2D eigenvalue weighted by Gasteiger charge is -2.19. The van der Waals surface area contributed by atoms with Crippen molar-refractivity contribution < 1.29 is 9.53 Å². The lowest BCUT2D eigenvalue weighted by Crippen LogP contribution is -2.33. The molecule has 8 heteroatoms. The fourth-order valence-electron chi connectivity index (χ4n) is 2.56. The molecule has 0 aliphatic heterocycles. The summed E-state index contributed by atoms with van der Waals surface area (Å²) in [5.41, 5.74) is 1.27. The highest BCUT2D eigenvalue weighted by atomic mass is 32.1. The number of carbonyl (C=O) groups excluding carboxylic acids is 1. The van der Waals surface area contributed by atoms with E-state index in [1.165, 1.54) is 21.8 Å². The van der Waals surface area contributed by atoms with E-state index in [4.69, 9.17) is 4.74 Å². The molecule has 1 N–H and O–H groups in total. The van der Waals surface area contributed by atoms with Crippen LogP contribution in [-0.4, -0.2) is 40.4 Å². The zero-order valence-electron chi connectivity index (χ0n) is 14.6. The smallest absolute Gasteiger partial charge is 0.258 e. The molecule has 136 valence electrons. The number of benzene rings is 1. The Morgan fingerprint density at radius 1 is 1.35 bits per heavy atom. The zero-order valence-corrected chi connectivity index (χ0v) is 15.5. The van der Waals surface area contributed by atoms with E-state index in [1.807, 2.05) is 17.2 Å². The van der Waals surface area contributed by atoms with Crippen LogP contribution in [0.25, 0.3) is 4.96 Å². The van der Waals surface area contributed by atoms with Crippen LogP contribution in [0.3, 0.4) is 0 Å². The molecule has 0 unspecified atom stereocenters. The van der Waals surface area contributed by atoms with E-state index in [1.54, 1.807) is 37.6 Å². The molecule has 0 saturated carbocycles. The number of fused-ring (bicyclic) bond motifs is 1. The average Bonchev–Trinajstić information content (AvgIpc) is 3.11. The van der Waals surface area contributed by atoms with E-state index in [9.17, 15) is 9.59 Å². The number of ether oxygens (including phenoxy) is 1. The van der Waals surface area contributed by atoms with Gasteiger partial charge in [-0.25, -0.2) is 4.98 Å². The summed E-state index contributed by atoms with van der Waals surface area (Å²) < 4.78 is 6.62. The van der Waals surface area contributed by atoms with Gasteiger partial charge in [0.25, 0.3) is 5.56 Å². The Morgan fingerprint density at radius 3 is 2.81 bits per heavy atom. The summed E-state index contributed by atoms with van der Waals surface area (Å²) in [6.45, 7) is 3.29. The topological polar surface area (TPSA) is 75.9 Å². The first kappa shape index (κ1) is 18.1. The summed E-state index contributed by atoms with van der Waals surface area (Å²) in [7, 11) is 1.60. The van der Waals surface area contributed by atoms with Crippen LogP contribution in [0.2, 0.25) is 0 Å². The molecule has 2 aromatic heterocycles. The fraction of sp³-hybridized carbons (Fsp3) is 0.278. The van der Waals surface area contributed by atoms with Gasteiger partial charge in [0.05, 0.1) is 19.3 Å². The second-order valence-corrected chi connectivity index (χ2v) is 6.59. The zero-order chi connectivity index (χ0) is 18.5. The molecule has 2 heterocycles. The number of hydrogen-bond acceptors (Lipinski definition) is 6. The standard InChI is InChI=1S/C18H20N4O3S/c1-3-21(11-14-10-17(24)22-8-9-26-18(22)20-14)12-16(23)19-13-4-6-15(25-2)7-5-13/h4-10H,3,11-12H2,1-2H3,(H,19,23). The van der Waals surface area contributed by atoms with Gasteiger partial charge >= 0.3 is 0 Å². The molecule has 0 aliphatic rings. The van der Waals surface area contributed by atoms with Gasteiger partial charge in [0, 0.05) is 29.9 Å². The van der Waals surface area contributed by atoms with Gasteiger partial charge < -0.3 is 10.1 Å². The van der Waals surface area contributed by atoms with Gasteiger partial charge in [0.1, 0.15) is 5.75 Å². The van der Waals surface area contributed by atoms with E-state index >= 15 is 0 Å². The highest BCUT2D eigenvalue weighted by molar-refractivity contribution is 7.15. The van der Waals surface area contributed by atoms with Gasteiger partial charge in [-0.15, -0.1) is 11.3 Å². The molecule has 7 nitrogen and oxygen atoms in total. The maximum atomic E-state index is 12.3. The van der Waals surface area contributed by atoms with Crippen LogP contribution in [0.4, 0.5) is 5.69 Å². The first-order valence-electron chi connectivity index (χ1n) is 8.21. The van der Waals surface area contributed by atoms with E-state index in [0.29, 0.717) is 29.4 Å². The van der Waals surface area contributed by atoms with Crippen LogP contribution < -0.4 is 15.6 Å². The number of rotatable bonds is 7. The lowest BCUT2D eigenvalue weighted by atomic mass is 10.3. The molecule has 0 aliphatic carbocycles. The van der Waals surface area contributed by atoms with Gasteiger partial charge in [0.2, 0.25) is 5.91 Å². The summed E-state index contributed by atoms with van der Waals surface area (Å²) in [4.78, 5) is 31.4. The molecule has 26 heavy (non-hydrogen) atoms. The molecule has 1 amide bonds. The number of carbonyl (C=O) groups is 1. The largest absolute Gasteiger partial charge is 0.497 e. The predicted molar refractivity (Wildman–Crippen MR) is 102 cm³/mol. The second kappa shape index (κ2) is 8.11. The van der Waals surface area contributed by atoms with Crippen molar-refractivity contribution in [3.05, 3.63) is 58.0 Å². The summed E-state index contributed by atoms with van der Waals surface area (Å²) in [5.74, 6) is 0.616. The van der Waals surface area contributed by atoms with Crippen LogP contribution in [-0.2, 0) is 11.3 Å². The maximum absolute atomic E-state index is 12.3. The number of amides is 1. The van der Waals surface area contributed by atoms with Crippen molar-refractivity contribution in [3.8, 4) is 5.75 Å². The Balaban J connectivity index is 1.64. The number of methoxy groups -OCH3 is 1. The molecule has 0 bridgehead atoms. The van der Waals surface area contributed by atoms with Crippen molar-refractivity contribution in [2.75, 3.05) is 25.5 Å². The molecule has 3 aromatic rings. The lowest BCUT2D eigenvalue weighted by molar-refractivity contribution is -0.117. The molecule has 0 radical (unpaired) electrons. The average molecular weight is 372 g/mol. The monoisotopic (exact) mass is 372 g/mol. The molecule has 0 saturated heterocycles. The number of likely N-dealkylation sites (N-methyl/N-ethyl adjacent to an activating group) is 1. The second-order valence-electron chi connectivity index (χ2n) is 5.72. The summed E-state index contributed by atoms with van der Waals surface area (Å²) in [6.07, 6.45) is 1.71. The molecule has 3 rings (SSSR count). The maximum Gasteiger partial charge on any atom is 0.258 e. The normalized spacial score (nSPS) is 11.0. The number of nitrogens with one attached hydrogen (secondary N) is 1. The van der Waals surface area contributed by atoms with E-state index in [0.717, 1.165) is 5.75 Å². The van der Waals surface area contributed by atoms with Crippen LogP contribution in [0.15, 0.2) is 46.7 Å². The Labute approximate surface area is 154 Å². The van der Waals surface area contributed by atoms with Crippen molar-refractivity contribution in [2.24, 2.45) is 0 Å². The van der Waals surface area contributed by atoms with Crippen LogP contribution in [0.1, 0.15) is 12.6 Å². The van der Waals surface area contributed by atoms with Crippen molar-refractivity contribution in [3.63, 3.8) is 0 Å². The third kappa shape index (κ3) is 4.27. The Hall–Kier alpha value is -2.71.